The lowest BCUT2D eigenvalue weighted by atomic mass is 10.2. The Morgan fingerprint density at radius 3 is 2.93 bits per heavy atom. The van der Waals surface area contributed by atoms with E-state index in [1.165, 1.54) is 11.3 Å². The summed E-state index contributed by atoms with van der Waals surface area (Å²) in [7, 11) is 0. The van der Waals surface area contributed by atoms with Crippen molar-refractivity contribution in [3.63, 3.8) is 0 Å². The van der Waals surface area contributed by atoms with Gasteiger partial charge in [-0.15, -0.1) is 11.3 Å². The van der Waals surface area contributed by atoms with Gasteiger partial charge in [0.2, 0.25) is 0 Å². The normalized spacial score (nSPS) is 17.9. The summed E-state index contributed by atoms with van der Waals surface area (Å²) in [6.07, 6.45) is 0. The summed E-state index contributed by atoms with van der Waals surface area (Å²) in [5, 5.41) is 10.8. The number of aromatic carboxylic acids is 1. The number of rotatable bonds is 3. The molecule has 0 radical (unpaired) electrons. The number of hydrogen-bond donors (Lipinski definition) is 1. The molecule has 1 aliphatic rings. The maximum atomic E-state index is 10.9. The van der Waals surface area contributed by atoms with E-state index in [0.717, 1.165) is 31.9 Å². The van der Waals surface area contributed by atoms with Crippen LogP contribution in [-0.4, -0.2) is 42.3 Å². The van der Waals surface area contributed by atoms with Crippen LogP contribution in [0.25, 0.3) is 0 Å². The zero-order valence-electron chi connectivity index (χ0n) is 8.31. The molecule has 5 heteroatoms. The van der Waals surface area contributed by atoms with Crippen LogP contribution in [0, 0.1) is 0 Å². The number of carbonyl (C=O) groups is 1. The van der Waals surface area contributed by atoms with Crippen molar-refractivity contribution in [2.45, 2.75) is 6.54 Å². The number of thiophene rings is 1. The summed E-state index contributed by atoms with van der Waals surface area (Å²) in [5.74, 6) is -0.826. The lowest BCUT2D eigenvalue weighted by Gasteiger charge is -2.26. The Morgan fingerprint density at radius 1 is 1.53 bits per heavy atom. The van der Waals surface area contributed by atoms with Gasteiger partial charge in [0.1, 0.15) is 4.88 Å². The minimum Gasteiger partial charge on any atom is -0.477 e. The molecule has 0 unspecified atom stereocenters. The second-order valence-corrected chi connectivity index (χ2v) is 4.38. The maximum absolute atomic E-state index is 10.9. The van der Waals surface area contributed by atoms with Gasteiger partial charge in [-0.2, -0.15) is 0 Å². The van der Waals surface area contributed by atoms with Gasteiger partial charge in [-0.25, -0.2) is 4.79 Å². The standard InChI is InChI=1S/C10H13NO3S/c12-10(13)9-8(1-6-15-9)7-11-2-4-14-5-3-11/h1,6H,2-5,7H2,(H,12,13). The van der Waals surface area contributed by atoms with Crippen LogP contribution >= 0.6 is 11.3 Å². The Labute approximate surface area is 92.1 Å². The molecule has 4 nitrogen and oxygen atoms in total. The minimum absolute atomic E-state index is 0.460. The van der Waals surface area contributed by atoms with Gasteiger partial charge in [0, 0.05) is 19.6 Å². The predicted octanol–water partition coefficient (Wildman–Crippen LogP) is 1.28. The topological polar surface area (TPSA) is 49.8 Å². The first-order valence-electron chi connectivity index (χ1n) is 4.87. The highest BCUT2D eigenvalue weighted by atomic mass is 32.1. The number of hydrogen-bond acceptors (Lipinski definition) is 4. The number of carboxylic acids is 1. The van der Waals surface area contributed by atoms with Crippen molar-refractivity contribution in [1.29, 1.82) is 0 Å². The molecule has 1 N–H and O–H groups in total. The van der Waals surface area contributed by atoms with Crippen molar-refractivity contribution in [1.82, 2.24) is 4.90 Å². The molecule has 0 spiro atoms. The highest BCUT2D eigenvalue weighted by molar-refractivity contribution is 7.12. The Balaban J connectivity index is 2.03. The lowest BCUT2D eigenvalue weighted by molar-refractivity contribution is 0.0340. The molecule has 1 saturated heterocycles. The van der Waals surface area contributed by atoms with Crippen LogP contribution in [-0.2, 0) is 11.3 Å². The number of morpholine rings is 1. The van der Waals surface area contributed by atoms with Crippen molar-refractivity contribution in [2.24, 2.45) is 0 Å². The molecule has 0 bridgehead atoms. The predicted molar refractivity (Wildman–Crippen MR) is 57.4 cm³/mol. The summed E-state index contributed by atoms with van der Waals surface area (Å²) in [6, 6.07) is 1.89. The molecule has 1 aliphatic heterocycles. The van der Waals surface area contributed by atoms with Crippen molar-refractivity contribution < 1.29 is 14.6 Å². The smallest absolute Gasteiger partial charge is 0.346 e. The zero-order valence-corrected chi connectivity index (χ0v) is 9.13. The van der Waals surface area contributed by atoms with Gasteiger partial charge in [-0.05, 0) is 17.0 Å². The largest absolute Gasteiger partial charge is 0.477 e. The summed E-state index contributed by atoms with van der Waals surface area (Å²) in [6.45, 7) is 3.97. The maximum Gasteiger partial charge on any atom is 0.346 e. The molecular weight excluding hydrogens is 214 g/mol. The van der Waals surface area contributed by atoms with E-state index in [2.05, 4.69) is 4.90 Å². The van der Waals surface area contributed by atoms with Crippen LogP contribution in [0.5, 0.6) is 0 Å². The monoisotopic (exact) mass is 227 g/mol. The van der Waals surface area contributed by atoms with Crippen LogP contribution in [0.4, 0.5) is 0 Å². The highest BCUT2D eigenvalue weighted by Gasteiger charge is 2.16. The molecular formula is C10H13NO3S. The summed E-state index contributed by atoms with van der Waals surface area (Å²) >= 11 is 1.29. The van der Waals surface area contributed by atoms with Crippen LogP contribution in [0.1, 0.15) is 15.2 Å². The van der Waals surface area contributed by atoms with Gasteiger partial charge < -0.3 is 9.84 Å². The first kappa shape index (κ1) is 10.6. The molecule has 82 valence electrons. The second kappa shape index (κ2) is 4.74. The zero-order chi connectivity index (χ0) is 10.7. The van der Waals surface area contributed by atoms with E-state index in [-0.39, 0.29) is 0 Å². The number of carboxylic acid groups (broad SMARTS) is 1. The van der Waals surface area contributed by atoms with Crippen molar-refractivity contribution in [3.05, 3.63) is 21.9 Å². The third-order valence-corrected chi connectivity index (χ3v) is 3.38. The molecule has 2 rings (SSSR count). The Hall–Kier alpha value is -0.910. The molecule has 0 aromatic carbocycles. The fraction of sp³-hybridized carbons (Fsp3) is 0.500. The third kappa shape index (κ3) is 2.56. The Kier molecular flexibility index (Phi) is 3.35. The van der Waals surface area contributed by atoms with Gasteiger partial charge in [0.15, 0.2) is 0 Å². The fourth-order valence-corrected chi connectivity index (χ4v) is 2.40. The van der Waals surface area contributed by atoms with E-state index in [4.69, 9.17) is 9.84 Å². The SMILES string of the molecule is O=C(O)c1sccc1CN1CCOCC1. The van der Waals surface area contributed by atoms with E-state index < -0.39 is 5.97 Å². The van der Waals surface area contributed by atoms with Crippen molar-refractivity contribution in [2.75, 3.05) is 26.3 Å². The van der Waals surface area contributed by atoms with E-state index in [1.807, 2.05) is 11.4 Å². The molecule has 0 saturated carbocycles. The highest BCUT2D eigenvalue weighted by Crippen LogP contribution is 2.19. The van der Waals surface area contributed by atoms with Crippen molar-refractivity contribution >= 4 is 17.3 Å². The first-order valence-corrected chi connectivity index (χ1v) is 5.75. The molecule has 0 amide bonds. The molecule has 0 atom stereocenters. The Bertz CT molecular complexity index is 344. The third-order valence-electron chi connectivity index (χ3n) is 2.44. The van der Waals surface area contributed by atoms with Gasteiger partial charge in [-0.3, -0.25) is 4.90 Å². The molecule has 2 heterocycles. The Morgan fingerprint density at radius 2 is 2.27 bits per heavy atom. The molecule has 1 aromatic heterocycles. The molecule has 1 aromatic rings. The van der Waals surface area contributed by atoms with Crippen LogP contribution < -0.4 is 0 Å². The quantitative estimate of drug-likeness (QED) is 0.845. The summed E-state index contributed by atoms with van der Waals surface area (Å²) < 4.78 is 5.24. The van der Waals surface area contributed by atoms with E-state index >= 15 is 0 Å². The molecule has 0 aliphatic carbocycles. The summed E-state index contributed by atoms with van der Waals surface area (Å²) in [4.78, 5) is 13.6. The van der Waals surface area contributed by atoms with Gasteiger partial charge >= 0.3 is 5.97 Å². The van der Waals surface area contributed by atoms with E-state index in [0.29, 0.717) is 11.4 Å². The fourth-order valence-electron chi connectivity index (χ4n) is 1.65. The average Bonchev–Trinajstić information content (AvgIpc) is 2.67. The first-order chi connectivity index (χ1) is 7.27. The van der Waals surface area contributed by atoms with E-state index in [9.17, 15) is 4.79 Å². The molecule has 1 fully saturated rings. The number of ether oxygens (including phenoxy) is 1. The van der Waals surface area contributed by atoms with E-state index in [1.54, 1.807) is 0 Å². The van der Waals surface area contributed by atoms with Gasteiger partial charge in [0.25, 0.3) is 0 Å². The lowest BCUT2D eigenvalue weighted by Crippen LogP contribution is -2.35. The van der Waals surface area contributed by atoms with Crippen molar-refractivity contribution in [3.8, 4) is 0 Å². The minimum atomic E-state index is -0.826. The van der Waals surface area contributed by atoms with Crippen LogP contribution in [0.3, 0.4) is 0 Å². The second-order valence-electron chi connectivity index (χ2n) is 3.47. The average molecular weight is 227 g/mol. The molecule has 15 heavy (non-hydrogen) atoms. The van der Waals surface area contributed by atoms with Gasteiger partial charge in [0.05, 0.1) is 13.2 Å². The number of nitrogens with zero attached hydrogens (tertiary/aromatic N) is 1. The van der Waals surface area contributed by atoms with Gasteiger partial charge in [-0.1, -0.05) is 0 Å². The van der Waals surface area contributed by atoms with Crippen LogP contribution in [0.2, 0.25) is 0 Å². The van der Waals surface area contributed by atoms with Crippen LogP contribution in [0.15, 0.2) is 11.4 Å². The summed E-state index contributed by atoms with van der Waals surface area (Å²) in [5.41, 5.74) is 0.911.